The second-order valence-electron chi connectivity index (χ2n) is 4.94. The molecule has 0 aliphatic rings. The van der Waals surface area contributed by atoms with Gasteiger partial charge in [-0.2, -0.15) is 0 Å². The fourth-order valence-electron chi connectivity index (χ4n) is 1.41. The van der Waals surface area contributed by atoms with Gasteiger partial charge in [-0.05, 0) is 44.9 Å². The number of benzene rings is 1. The third kappa shape index (κ3) is 5.17. The summed E-state index contributed by atoms with van der Waals surface area (Å²) in [6.45, 7) is 9.97. The van der Waals surface area contributed by atoms with Crippen molar-refractivity contribution in [1.82, 2.24) is 0 Å². The molecule has 0 saturated heterocycles. The van der Waals surface area contributed by atoms with Crippen molar-refractivity contribution in [2.75, 3.05) is 18.5 Å². The Labute approximate surface area is 99.0 Å². The average Bonchev–Trinajstić information content (AvgIpc) is 2.24. The van der Waals surface area contributed by atoms with Crippen molar-refractivity contribution in [2.24, 2.45) is 0 Å². The lowest BCUT2D eigenvalue weighted by Crippen LogP contribution is -2.23. The molecule has 1 aromatic carbocycles. The zero-order chi connectivity index (χ0) is 12.0. The molecule has 16 heavy (non-hydrogen) atoms. The van der Waals surface area contributed by atoms with Gasteiger partial charge in [0.2, 0.25) is 0 Å². The van der Waals surface area contributed by atoms with Gasteiger partial charge in [-0.15, -0.1) is 0 Å². The molecule has 1 aromatic rings. The molecule has 0 amide bonds. The van der Waals surface area contributed by atoms with E-state index in [-0.39, 0.29) is 5.60 Å². The Morgan fingerprint density at radius 3 is 2.25 bits per heavy atom. The maximum absolute atomic E-state index is 5.63. The third-order valence-corrected chi connectivity index (χ3v) is 2.33. The molecule has 0 saturated carbocycles. The molecule has 0 aromatic heterocycles. The predicted molar refractivity (Wildman–Crippen MR) is 70.0 cm³/mol. The largest absolute Gasteiger partial charge is 0.383 e. The standard InChI is InChI=1S/C14H23NO/c1-5-12-6-8-13(9-7-12)15-10-11-16-14(2,3)4/h6-9,15H,5,10-11H2,1-4H3. The minimum absolute atomic E-state index is 0.0479. The number of nitrogens with one attached hydrogen (secondary N) is 1. The van der Waals surface area contributed by atoms with Crippen molar-refractivity contribution in [3.63, 3.8) is 0 Å². The van der Waals surface area contributed by atoms with Crippen LogP contribution in [0.5, 0.6) is 0 Å². The molecule has 0 bridgehead atoms. The van der Waals surface area contributed by atoms with Gasteiger partial charge in [0, 0.05) is 12.2 Å². The van der Waals surface area contributed by atoms with Crippen molar-refractivity contribution in [3.05, 3.63) is 29.8 Å². The van der Waals surface area contributed by atoms with E-state index in [1.807, 2.05) is 0 Å². The molecule has 0 atom stereocenters. The van der Waals surface area contributed by atoms with Crippen LogP contribution in [0.15, 0.2) is 24.3 Å². The lowest BCUT2D eigenvalue weighted by molar-refractivity contribution is 0.00333. The van der Waals surface area contributed by atoms with Crippen LogP contribution in [-0.2, 0) is 11.2 Å². The minimum Gasteiger partial charge on any atom is -0.383 e. The highest BCUT2D eigenvalue weighted by atomic mass is 16.5. The molecule has 0 radical (unpaired) electrons. The van der Waals surface area contributed by atoms with E-state index in [1.165, 1.54) is 5.56 Å². The van der Waals surface area contributed by atoms with Crippen molar-refractivity contribution in [2.45, 2.75) is 39.7 Å². The Bertz CT molecular complexity index is 298. The topological polar surface area (TPSA) is 21.3 Å². The first-order chi connectivity index (χ1) is 7.51. The summed E-state index contributed by atoms with van der Waals surface area (Å²) in [4.78, 5) is 0. The number of ether oxygens (including phenoxy) is 1. The summed E-state index contributed by atoms with van der Waals surface area (Å²) in [5, 5.41) is 3.34. The molecule has 1 rings (SSSR count). The van der Waals surface area contributed by atoms with Crippen LogP contribution in [0, 0.1) is 0 Å². The monoisotopic (exact) mass is 221 g/mol. The summed E-state index contributed by atoms with van der Waals surface area (Å²) < 4.78 is 5.63. The molecule has 2 heteroatoms. The molecule has 1 N–H and O–H groups in total. The number of aryl methyl sites for hydroxylation is 1. The van der Waals surface area contributed by atoms with E-state index < -0.39 is 0 Å². The van der Waals surface area contributed by atoms with Gasteiger partial charge in [0.1, 0.15) is 0 Å². The van der Waals surface area contributed by atoms with E-state index >= 15 is 0 Å². The van der Waals surface area contributed by atoms with Gasteiger partial charge >= 0.3 is 0 Å². The summed E-state index contributed by atoms with van der Waals surface area (Å²) in [5.74, 6) is 0. The van der Waals surface area contributed by atoms with Crippen LogP contribution in [0.25, 0.3) is 0 Å². The van der Waals surface area contributed by atoms with Crippen molar-refractivity contribution >= 4 is 5.69 Å². The highest BCUT2D eigenvalue weighted by Gasteiger charge is 2.08. The van der Waals surface area contributed by atoms with Gasteiger partial charge in [0.05, 0.1) is 12.2 Å². The number of hydrogen-bond donors (Lipinski definition) is 1. The Balaban J connectivity index is 2.27. The van der Waals surface area contributed by atoms with E-state index in [4.69, 9.17) is 4.74 Å². The van der Waals surface area contributed by atoms with Crippen molar-refractivity contribution < 1.29 is 4.74 Å². The molecule has 90 valence electrons. The van der Waals surface area contributed by atoms with E-state index in [1.54, 1.807) is 0 Å². The maximum atomic E-state index is 5.63. The molecule has 0 heterocycles. The first kappa shape index (κ1) is 13.0. The number of rotatable bonds is 5. The van der Waals surface area contributed by atoms with Gasteiger partial charge in [-0.3, -0.25) is 0 Å². The van der Waals surface area contributed by atoms with Crippen molar-refractivity contribution in [3.8, 4) is 0 Å². The number of hydrogen-bond acceptors (Lipinski definition) is 2. The second-order valence-corrected chi connectivity index (χ2v) is 4.94. The number of anilines is 1. The van der Waals surface area contributed by atoms with E-state index in [9.17, 15) is 0 Å². The summed E-state index contributed by atoms with van der Waals surface area (Å²) in [6.07, 6.45) is 1.09. The van der Waals surface area contributed by atoms with Crippen LogP contribution in [-0.4, -0.2) is 18.8 Å². The molecular weight excluding hydrogens is 198 g/mol. The van der Waals surface area contributed by atoms with Crippen LogP contribution in [0.1, 0.15) is 33.3 Å². The molecule has 2 nitrogen and oxygen atoms in total. The Kier molecular flexibility index (Phi) is 4.81. The lowest BCUT2D eigenvalue weighted by atomic mass is 10.1. The zero-order valence-electron chi connectivity index (χ0n) is 10.8. The first-order valence-corrected chi connectivity index (χ1v) is 5.98. The Morgan fingerprint density at radius 2 is 1.75 bits per heavy atom. The van der Waals surface area contributed by atoms with Gasteiger partial charge in [-0.25, -0.2) is 0 Å². The molecule has 0 spiro atoms. The van der Waals surface area contributed by atoms with E-state index in [0.717, 1.165) is 25.3 Å². The third-order valence-electron chi connectivity index (χ3n) is 2.33. The SMILES string of the molecule is CCc1ccc(NCCOC(C)(C)C)cc1. The molecular formula is C14H23NO. The molecule has 0 aliphatic carbocycles. The summed E-state index contributed by atoms with van der Waals surface area (Å²) in [5.41, 5.74) is 2.49. The average molecular weight is 221 g/mol. The highest BCUT2D eigenvalue weighted by molar-refractivity contribution is 5.44. The fourth-order valence-corrected chi connectivity index (χ4v) is 1.41. The van der Waals surface area contributed by atoms with Gasteiger partial charge < -0.3 is 10.1 Å². The first-order valence-electron chi connectivity index (χ1n) is 5.98. The van der Waals surface area contributed by atoms with Crippen LogP contribution in [0.4, 0.5) is 5.69 Å². The van der Waals surface area contributed by atoms with Crippen LogP contribution >= 0.6 is 0 Å². The zero-order valence-corrected chi connectivity index (χ0v) is 10.8. The lowest BCUT2D eigenvalue weighted by Gasteiger charge is -2.19. The highest BCUT2D eigenvalue weighted by Crippen LogP contribution is 2.10. The predicted octanol–water partition coefficient (Wildman–Crippen LogP) is 3.48. The van der Waals surface area contributed by atoms with E-state index in [2.05, 4.69) is 57.3 Å². The normalized spacial score (nSPS) is 11.5. The van der Waals surface area contributed by atoms with Crippen molar-refractivity contribution in [1.29, 1.82) is 0 Å². The maximum Gasteiger partial charge on any atom is 0.0646 e. The Hall–Kier alpha value is -1.02. The van der Waals surface area contributed by atoms with Crippen LogP contribution in [0.3, 0.4) is 0 Å². The smallest absolute Gasteiger partial charge is 0.0646 e. The molecule has 0 unspecified atom stereocenters. The molecule has 0 fully saturated rings. The second kappa shape index (κ2) is 5.90. The van der Waals surface area contributed by atoms with Gasteiger partial charge in [-0.1, -0.05) is 19.1 Å². The van der Waals surface area contributed by atoms with E-state index in [0.29, 0.717) is 0 Å². The van der Waals surface area contributed by atoms with Crippen LogP contribution < -0.4 is 5.32 Å². The van der Waals surface area contributed by atoms with Gasteiger partial charge in [0.25, 0.3) is 0 Å². The summed E-state index contributed by atoms with van der Waals surface area (Å²) in [6, 6.07) is 8.56. The summed E-state index contributed by atoms with van der Waals surface area (Å²) >= 11 is 0. The quantitative estimate of drug-likeness (QED) is 0.769. The van der Waals surface area contributed by atoms with Crippen LogP contribution in [0.2, 0.25) is 0 Å². The Morgan fingerprint density at radius 1 is 1.12 bits per heavy atom. The summed E-state index contributed by atoms with van der Waals surface area (Å²) in [7, 11) is 0. The fraction of sp³-hybridized carbons (Fsp3) is 0.571. The minimum atomic E-state index is -0.0479. The van der Waals surface area contributed by atoms with Gasteiger partial charge in [0.15, 0.2) is 0 Å². The molecule has 0 aliphatic heterocycles.